The van der Waals surface area contributed by atoms with Gasteiger partial charge in [-0.15, -0.1) is 0 Å². The van der Waals surface area contributed by atoms with Gasteiger partial charge in [-0.25, -0.2) is 0 Å². The first kappa shape index (κ1) is 20.9. The molecule has 0 radical (unpaired) electrons. The van der Waals surface area contributed by atoms with Crippen molar-refractivity contribution in [2.24, 2.45) is 10.2 Å². The Labute approximate surface area is 153 Å². The van der Waals surface area contributed by atoms with Gasteiger partial charge in [0.05, 0.1) is 28.4 Å². The SMILES string of the molecule is COc1cc(C)c(N=[NH2+])c(OC)c1.COc1cc(C)c(N=[NH2+])c(OC)c1. The maximum absolute atomic E-state index is 5.22. The minimum Gasteiger partial charge on any atom is -0.497 e. The molecule has 0 aromatic heterocycles. The van der Waals surface area contributed by atoms with E-state index in [0.717, 1.165) is 22.6 Å². The van der Waals surface area contributed by atoms with E-state index in [9.17, 15) is 0 Å². The third-order valence-electron chi connectivity index (χ3n) is 3.65. The highest BCUT2D eigenvalue weighted by Crippen LogP contribution is 2.35. The highest BCUT2D eigenvalue weighted by atomic mass is 16.5. The molecule has 0 heterocycles. The van der Waals surface area contributed by atoms with Gasteiger partial charge < -0.3 is 18.9 Å². The summed E-state index contributed by atoms with van der Waals surface area (Å²) in [5.41, 5.74) is 13.6. The van der Waals surface area contributed by atoms with Gasteiger partial charge in [-0.05, 0) is 47.3 Å². The molecule has 0 saturated heterocycles. The molecule has 8 nitrogen and oxygen atoms in total. The maximum Gasteiger partial charge on any atom is 0.174 e. The molecule has 0 saturated carbocycles. The van der Waals surface area contributed by atoms with Crippen LogP contribution in [0.1, 0.15) is 11.1 Å². The number of ether oxygens (including phenoxy) is 4. The number of rotatable bonds is 6. The molecule has 0 fully saturated rings. The average Bonchev–Trinajstić information content (AvgIpc) is 2.66. The largest absolute Gasteiger partial charge is 0.497 e. The smallest absolute Gasteiger partial charge is 0.174 e. The van der Waals surface area contributed by atoms with E-state index in [4.69, 9.17) is 30.0 Å². The maximum atomic E-state index is 5.22. The third-order valence-corrected chi connectivity index (χ3v) is 3.65. The molecule has 0 aliphatic heterocycles. The topological polar surface area (TPSA) is 113 Å². The minimum atomic E-state index is 0.624. The summed E-state index contributed by atoms with van der Waals surface area (Å²) in [6.45, 7) is 3.80. The van der Waals surface area contributed by atoms with Gasteiger partial charge in [0.15, 0.2) is 22.9 Å². The molecule has 0 bridgehead atoms. The van der Waals surface area contributed by atoms with Gasteiger partial charge in [0, 0.05) is 12.1 Å². The second-order valence-corrected chi connectivity index (χ2v) is 5.25. The summed E-state index contributed by atoms with van der Waals surface area (Å²) in [6.07, 6.45) is 0. The molecular weight excluding hydrogens is 336 g/mol. The Hall–Kier alpha value is -3.16. The highest BCUT2D eigenvalue weighted by molar-refractivity contribution is 5.60. The first-order valence-corrected chi connectivity index (χ1v) is 7.72. The van der Waals surface area contributed by atoms with E-state index in [1.54, 1.807) is 40.6 Å². The Morgan fingerprint density at radius 2 is 0.962 bits per heavy atom. The van der Waals surface area contributed by atoms with Gasteiger partial charge in [0.1, 0.15) is 11.5 Å². The summed E-state index contributed by atoms with van der Waals surface area (Å²) in [5.74, 6) is 2.72. The first-order chi connectivity index (χ1) is 12.4. The van der Waals surface area contributed by atoms with E-state index in [2.05, 4.69) is 10.2 Å². The Kier molecular flexibility index (Phi) is 8.01. The summed E-state index contributed by atoms with van der Waals surface area (Å²) >= 11 is 0. The predicted molar refractivity (Wildman–Crippen MR) is 96.6 cm³/mol. The molecule has 4 N–H and O–H groups in total. The van der Waals surface area contributed by atoms with Crippen LogP contribution >= 0.6 is 0 Å². The third kappa shape index (κ3) is 4.92. The van der Waals surface area contributed by atoms with Crippen LogP contribution in [-0.4, -0.2) is 28.4 Å². The molecule has 0 atom stereocenters. The standard InChI is InChI=1S/2C9H12N2O2/c2*1-6-4-7(12-2)5-8(13-3)9(6)11-10/h2*4-5,10H,1-3H3/p+2. The Balaban J connectivity index is 0.000000260. The molecule has 2 aromatic carbocycles. The summed E-state index contributed by atoms with van der Waals surface area (Å²) in [5, 5.41) is 7.27. The van der Waals surface area contributed by atoms with Crippen LogP contribution in [-0.2, 0) is 0 Å². The average molecular weight is 362 g/mol. The van der Waals surface area contributed by atoms with Crippen LogP contribution in [0.4, 0.5) is 11.4 Å². The molecule has 140 valence electrons. The van der Waals surface area contributed by atoms with Gasteiger partial charge in [0.2, 0.25) is 0 Å². The quantitative estimate of drug-likeness (QED) is 0.762. The van der Waals surface area contributed by atoms with Crippen molar-refractivity contribution in [3.63, 3.8) is 0 Å². The fourth-order valence-corrected chi connectivity index (χ4v) is 2.31. The number of nitrogens with two attached hydrogens (primary N) is 2. The van der Waals surface area contributed by atoms with Crippen molar-refractivity contribution in [2.45, 2.75) is 13.8 Å². The Bertz CT molecular complexity index is 713. The molecule has 26 heavy (non-hydrogen) atoms. The molecular formula is C18H26N4O4+2. The number of hydrogen-bond donors (Lipinski definition) is 2. The highest BCUT2D eigenvalue weighted by Gasteiger charge is 2.10. The summed E-state index contributed by atoms with van der Waals surface area (Å²) in [6, 6.07) is 7.21. The number of hydrogen-bond acceptors (Lipinski definition) is 6. The van der Waals surface area contributed by atoms with Gasteiger partial charge >= 0.3 is 0 Å². The number of methoxy groups -OCH3 is 4. The van der Waals surface area contributed by atoms with Crippen molar-refractivity contribution >= 4 is 11.4 Å². The van der Waals surface area contributed by atoms with E-state index >= 15 is 0 Å². The van der Waals surface area contributed by atoms with Crippen LogP contribution in [0.2, 0.25) is 0 Å². The summed E-state index contributed by atoms with van der Waals surface area (Å²) in [4.78, 5) is 0. The second kappa shape index (κ2) is 9.97. The zero-order valence-corrected chi connectivity index (χ0v) is 16.0. The lowest BCUT2D eigenvalue weighted by molar-refractivity contribution is -0.211. The molecule has 2 rings (SSSR count). The molecule has 0 spiro atoms. The lowest BCUT2D eigenvalue weighted by Crippen LogP contribution is -2.22. The zero-order valence-electron chi connectivity index (χ0n) is 16.0. The van der Waals surface area contributed by atoms with Crippen molar-refractivity contribution < 1.29 is 30.0 Å². The Morgan fingerprint density at radius 3 is 1.19 bits per heavy atom. The lowest BCUT2D eigenvalue weighted by Gasteiger charge is -2.07. The van der Waals surface area contributed by atoms with Crippen LogP contribution in [0.25, 0.3) is 0 Å². The summed E-state index contributed by atoms with van der Waals surface area (Å²) in [7, 11) is 6.35. The van der Waals surface area contributed by atoms with Crippen LogP contribution in [0.15, 0.2) is 34.5 Å². The van der Waals surface area contributed by atoms with Gasteiger partial charge in [-0.3, -0.25) is 0 Å². The zero-order chi connectivity index (χ0) is 19.7. The van der Waals surface area contributed by atoms with E-state index in [1.807, 2.05) is 26.0 Å². The molecule has 0 amide bonds. The number of benzene rings is 2. The van der Waals surface area contributed by atoms with Crippen molar-refractivity contribution in [1.29, 1.82) is 0 Å². The monoisotopic (exact) mass is 362 g/mol. The van der Waals surface area contributed by atoms with Crippen molar-refractivity contribution in [3.05, 3.63) is 35.4 Å². The Morgan fingerprint density at radius 1 is 0.615 bits per heavy atom. The van der Waals surface area contributed by atoms with E-state index in [0.29, 0.717) is 22.9 Å². The fraction of sp³-hybridized carbons (Fsp3) is 0.333. The van der Waals surface area contributed by atoms with Gasteiger partial charge in [-0.1, -0.05) is 0 Å². The van der Waals surface area contributed by atoms with Crippen molar-refractivity contribution in [1.82, 2.24) is 0 Å². The molecule has 8 heteroatoms. The number of aryl methyl sites for hydroxylation is 2. The van der Waals surface area contributed by atoms with E-state index < -0.39 is 0 Å². The first-order valence-electron chi connectivity index (χ1n) is 7.72. The van der Waals surface area contributed by atoms with Crippen LogP contribution in [0.5, 0.6) is 23.0 Å². The van der Waals surface area contributed by atoms with Crippen molar-refractivity contribution in [2.75, 3.05) is 28.4 Å². The fourth-order valence-electron chi connectivity index (χ4n) is 2.31. The molecule has 2 aromatic rings. The van der Waals surface area contributed by atoms with E-state index in [1.165, 1.54) is 0 Å². The normalized spacial score (nSPS) is 9.46. The summed E-state index contributed by atoms with van der Waals surface area (Å²) < 4.78 is 20.4. The minimum absolute atomic E-state index is 0.624. The van der Waals surface area contributed by atoms with Crippen molar-refractivity contribution in [3.8, 4) is 23.0 Å². The molecule has 0 aliphatic carbocycles. The van der Waals surface area contributed by atoms with Crippen LogP contribution < -0.4 is 30.0 Å². The van der Waals surface area contributed by atoms with Crippen LogP contribution in [0, 0.1) is 13.8 Å². The van der Waals surface area contributed by atoms with Gasteiger partial charge in [-0.2, -0.15) is 11.1 Å². The van der Waals surface area contributed by atoms with E-state index in [-0.39, 0.29) is 0 Å². The molecule has 0 aliphatic rings. The number of nitrogens with zero attached hydrogens (tertiary/aromatic N) is 2. The van der Waals surface area contributed by atoms with Crippen LogP contribution in [0.3, 0.4) is 0 Å². The second-order valence-electron chi connectivity index (χ2n) is 5.25. The lowest BCUT2D eigenvalue weighted by atomic mass is 10.2. The molecule has 0 unspecified atom stereocenters. The predicted octanol–water partition coefficient (Wildman–Crippen LogP) is 1.71. The van der Waals surface area contributed by atoms with Gasteiger partial charge in [0.25, 0.3) is 0 Å².